The number of furan rings is 1. The number of nitrogens with one attached hydrogen (secondary N) is 1. The Morgan fingerprint density at radius 3 is 3.00 bits per heavy atom. The predicted molar refractivity (Wildman–Crippen MR) is 72.3 cm³/mol. The van der Waals surface area contributed by atoms with Crippen molar-refractivity contribution in [3.63, 3.8) is 0 Å². The summed E-state index contributed by atoms with van der Waals surface area (Å²) in [5, 5.41) is 3.47. The molecule has 1 aliphatic rings. The SMILES string of the molecule is CC(C)CCCOCc1ccoc1CNC1CC1. The third-order valence-electron chi connectivity index (χ3n) is 3.29. The fraction of sp³-hybridized carbons (Fsp3) is 0.733. The van der Waals surface area contributed by atoms with Gasteiger partial charge in [-0.05, 0) is 37.7 Å². The summed E-state index contributed by atoms with van der Waals surface area (Å²) < 4.78 is 11.2. The summed E-state index contributed by atoms with van der Waals surface area (Å²) in [7, 11) is 0. The molecule has 1 heterocycles. The van der Waals surface area contributed by atoms with Crippen molar-refractivity contribution in [1.82, 2.24) is 5.32 Å². The van der Waals surface area contributed by atoms with Crippen molar-refractivity contribution < 1.29 is 9.15 Å². The van der Waals surface area contributed by atoms with Gasteiger partial charge < -0.3 is 14.5 Å². The molecule has 1 saturated carbocycles. The van der Waals surface area contributed by atoms with Crippen LogP contribution in [0.15, 0.2) is 16.7 Å². The van der Waals surface area contributed by atoms with Crippen LogP contribution in [-0.4, -0.2) is 12.6 Å². The Morgan fingerprint density at radius 1 is 1.44 bits per heavy atom. The summed E-state index contributed by atoms with van der Waals surface area (Å²) in [6.45, 7) is 6.85. The van der Waals surface area contributed by atoms with Crippen molar-refractivity contribution in [2.75, 3.05) is 6.61 Å². The van der Waals surface area contributed by atoms with Gasteiger partial charge in [0.15, 0.2) is 0 Å². The van der Waals surface area contributed by atoms with E-state index in [9.17, 15) is 0 Å². The van der Waals surface area contributed by atoms with E-state index in [-0.39, 0.29) is 0 Å². The number of ether oxygens (including phenoxy) is 1. The molecule has 0 amide bonds. The Labute approximate surface area is 110 Å². The molecule has 1 N–H and O–H groups in total. The average molecular weight is 251 g/mol. The fourth-order valence-corrected chi connectivity index (χ4v) is 1.95. The summed E-state index contributed by atoms with van der Waals surface area (Å²) in [6, 6.07) is 2.74. The van der Waals surface area contributed by atoms with Crippen molar-refractivity contribution in [2.45, 2.75) is 58.7 Å². The van der Waals surface area contributed by atoms with Gasteiger partial charge in [-0.2, -0.15) is 0 Å². The maximum absolute atomic E-state index is 5.70. The average Bonchev–Trinajstić information content (AvgIpc) is 3.06. The first kappa shape index (κ1) is 13.6. The van der Waals surface area contributed by atoms with E-state index in [0.717, 1.165) is 37.3 Å². The molecule has 18 heavy (non-hydrogen) atoms. The Balaban J connectivity index is 1.63. The Bertz CT molecular complexity index is 342. The molecule has 0 aromatic carbocycles. The lowest BCUT2D eigenvalue weighted by Crippen LogP contribution is -2.15. The zero-order valence-electron chi connectivity index (χ0n) is 11.6. The zero-order chi connectivity index (χ0) is 12.8. The maximum Gasteiger partial charge on any atom is 0.123 e. The summed E-state index contributed by atoms with van der Waals surface area (Å²) in [4.78, 5) is 0. The molecule has 1 aromatic rings. The normalized spacial score (nSPS) is 15.5. The van der Waals surface area contributed by atoms with Crippen molar-refractivity contribution in [1.29, 1.82) is 0 Å². The van der Waals surface area contributed by atoms with Gasteiger partial charge in [0.05, 0.1) is 19.4 Å². The molecule has 0 aliphatic heterocycles. The molecule has 3 heteroatoms. The topological polar surface area (TPSA) is 34.4 Å². The molecule has 0 atom stereocenters. The Morgan fingerprint density at radius 2 is 2.28 bits per heavy atom. The van der Waals surface area contributed by atoms with Crippen molar-refractivity contribution in [3.05, 3.63) is 23.7 Å². The summed E-state index contributed by atoms with van der Waals surface area (Å²) in [5.74, 6) is 1.80. The lowest BCUT2D eigenvalue weighted by atomic mass is 10.1. The second kappa shape index (κ2) is 6.95. The van der Waals surface area contributed by atoms with Crippen LogP contribution in [0.3, 0.4) is 0 Å². The van der Waals surface area contributed by atoms with E-state index in [1.54, 1.807) is 6.26 Å². The molecule has 102 valence electrons. The highest BCUT2D eigenvalue weighted by Gasteiger charge is 2.21. The number of hydrogen-bond acceptors (Lipinski definition) is 3. The lowest BCUT2D eigenvalue weighted by molar-refractivity contribution is 0.113. The molecule has 0 bridgehead atoms. The van der Waals surface area contributed by atoms with Crippen LogP contribution in [0.25, 0.3) is 0 Å². The third-order valence-corrected chi connectivity index (χ3v) is 3.29. The molecule has 1 aromatic heterocycles. The largest absolute Gasteiger partial charge is 0.468 e. The van der Waals surface area contributed by atoms with Crippen LogP contribution < -0.4 is 5.32 Å². The molecule has 3 nitrogen and oxygen atoms in total. The quantitative estimate of drug-likeness (QED) is 0.682. The second-order valence-electron chi connectivity index (χ2n) is 5.61. The van der Waals surface area contributed by atoms with Crippen LogP contribution in [-0.2, 0) is 17.9 Å². The third kappa shape index (κ3) is 4.83. The van der Waals surface area contributed by atoms with E-state index in [4.69, 9.17) is 9.15 Å². The highest BCUT2D eigenvalue weighted by atomic mass is 16.5. The molecule has 0 saturated heterocycles. The fourth-order valence-electron chi connectivity index (χ4n) is 1.95. The number of hydrogen-bond donors (Lipinski definition) is 1. The first-order valence-corrected chi connectivity index (χ1v) is 7.12. The molecule has 0 spiro atoms. The van der Waals surface area contributed by atoms with Crippen molar-refractivity contribution in [3.8, 4) is 0 Å². The number of rotatable bonds is 9. The predicted octanol–water partition coefficient (Wildman–Crippen LogP) is 3.48. The second-order valence-corrected chi connectivity index (χ2v) is 5.61. The Kier molecular flexibility index (Phi) is 5.26. The highest BCUT2D eigenvalue weighted by molar-refractivity contribution is 5.16. The minimum absolute atomic E-state index is 0.677. The van der Waals surface area contributed by atoms with Crippen LogP contribution in [0.4, 0.5) is 0 Å². The molecule has 0 radical (unpaired) electrons. The van der Waals surface area contributed by atoms with Gasteiger partial charge >= 0.3 is 0 Å². The van der Waals surface area contributed by atoms with Gasteiger partial charge in [-0.25, -0.2) is 0 Å². The van der Waals surface area contributed by atoms with E-state index in [2.05, 4.69) is 19.2 Å². The van der Waals surface area contributed by atoms with Gasteiger partial charge in [0.2, 0.25) is 0 Å². The summed E-state index contributed by atoms with van der Waals surface area (Å²) in [6.07, 6.45) is 6.76. The Hall–Kier alpha value is -0.800. The van der Waals surface area contributed by atoms with Crippen LogP contribution in [0.2, 0.25) is 0 Å². The van der Waals surface area contributed by atoms with Gasteiger partial charge in [-0.3, -0.25) is 0 Å². The molecule has 0 unspecified atom stereocenters. The van der Waals surface area contributed by atoms with E-state index in [0.29, 0.717) is 6.61 Å². The van der Waals surface area contributed by atoms with Crippen LogP contribution in [0.5, 0.6) is 0 Å². The molecule has 1 aliphatic carbocycles. The molecular formula is C15H25NO2. The zero-order valence-corrected chi connectivity index (χ0v) is 11.6. The summed E-state index contributed by atoms with van der Waals surface area (Å²) >= 11 is 0. The minimum atomic E-state index is 0.677. The van der Waals surface area contributed by atoms with Gasteiger partial charge in [0.25, 0.3) is 0 Å². The first-order chi connectivity index (χ1) is 8.75. The van der Waals surface area contributed by atoms with Gasteiger partial charge in [0, 0.05) is 18.2 Å². The standard InChI is InChI=1S/C15H25NO2/c1-12(2)4-3-8-17-11-13-7-9-18-15(13)10-16-14-5-6-14/h7,9,12,14,16H,3-6,8,10-11H2,1-2H3. The van der Waals surface area contributed by atoms with Crippen LogP contribution in [0.1, 0.15) is 50.9 Å². The van der Waals surface area contributed by atoms with Crippen molar-refractivity contribution in [2.24, 2.45) is 5.92 Å². The van der Waals surface area contributed by atoms with Crippen molar-refractivity contribution >= 4 is 0 Å². The van der Waals surface area contributed by atoms with E-state index >= 15 is 0 Å². The minimum Gasteiger partial charge on any atom is -0.468 e. The maximum atomic E-state index is 5.70. The van der Waals surface area contributed by atoms with Crippen LogP contribution in [0, 0.1) is 5.92 Å². The monoisotopic (exact) mass is 251 g/mol. The molecule has 1 fully saturated rings. The lowest BCUT2D eigenvalue weighted by Gasteiger charge is -2.07. The first-order valence-electron chi connectivity index (χ1n) is 7.12. The smallest absolute Gasteiger partial charge is 0.123 e. The van der Waals surface area contributed by atoms with Gasteiger partial charge in [0.1, 0.15) is 5.76 Å². The van der Waals surface area contributed by atoms with E-state index < -0.39 is 0 Å². The van der Waals surface area contributed by atoms with E-state index in [1.165, 1.54) is 24.8 Å². The van der Waals surface area contributed by atoms with E-state index in [1.807, 2.05) is 6.07 Å². The molecule has 2 rings (SSSR count). The van der Waals surface area contributed by atoms with Gasteiger partial charge in [-0.15, -0.1) is 0 Å². The van der Waals surface area contributed by atoms with Crippen LogP contribution >= 0.6 is 0 Å². The summed E-state index contributed by atoms with van der Waals surface area (Å²) in [5.41, 5.74) is 1.19. The molecular weight excluding hydrogens is 226 g/mol. The van der Waals surface area contributed by atoms with Gasteiger partial charge in [-0.1, -0.05) is 13.8 Å². The highest BCUT2D eigenvalue weighted by Crippen LogP contribution is 2.20.